The number of benzene rings is 1. The fourth-order valence-corrected chi connectivity index (χ4v) is 2.52. The molecule has 1 atom stereocenters. The molecule has 2 rings (SSSR count). The molecule has 4 heteroatoms. The van der Waals surface area contributed by atoms with Crippen LogP contribution in [0.4, 0.5) is 0 Å². The first-order chi connectivity index (χ1) is 8.65. The first-order valence-electron chi connectivity index (χ1n) is 6.53. The molecule has 0 fully saturated rings. The Morgan fingerprint density at radius 2 is 2.17 bits per heavy atom. The number of nitrogens with zero attached hydrogens (tertiary/aromatic N) is 2. The van der Waals surface area contributed by atoms with Gasteiger partial charge in [0.2, 0.25) is 0 Å². The molecular formula is C14H20ClN3. The summed E-state index contributed by atoms with van der Waals surface area (Å²) in [6.45, 7) is 8.36. The van der Waals surface area contributed by atoms with Gasteiger partial charge in [-0.15, -0.1) is 0 Å². The van der Waals surface area contributed by atoms with Gasteiger partial charge in [0.15, 0.2) is 0 Å². The van der Waals surface area contributed by atoms with Crippen molar-refractivity contribution in [2.45, 2.75) is 39.8 Å². The van der Waals surface area contributed by atoms with Crippen LogP contribution in [0, 0.1) is 0 Å². The zero-order valence-corrected chi connectivity index (χ0v) is 12.0. The van der Waals surface area contributed by atoms with Gasteiger partial charge in [-0.3, -0.25) is 0 Å². The Bertz CT molecular complexity index is 533. The molecule has 1 aromatic heterocycles. The zero-order chi connectivity index (χ0) is 13.1. The molecule has 18 heavy (non-hydrogen) atoms. The smallest absolute Gasteiger partial charge is 0.111 e. The van der Waals surface area contributed by atoms with Gasteiger partial charge in [-0.1, -0.05) is 18.5 Å². The predicted octanol–water partition coefficient (Wildman–Crippen LogP) is 3.25. The molecular weight excluding hydrogens is 246 g/mol. The van der Waals surface area contributed by atoms with E-state index >= 15 is 0 Å². The average molecular weight is 266 g/mol. The Morgan fingerprint density at radius 1 is 1.39 bits per heavy atom. The van der Waals surface area contributed by atoms with Crippen molar-refractivity contribution in [1.29, 1.82) is 0 Å². The Balaban J connectivity index is 2.38. The first kappa shape index (κ1) is 13.4. The second kappa shape index (κ2) is 5.72. The summed E-state index contributed by atoms with van der Waals surface area (Å²) < 4.78 is 2.25. The van der Waals surface area contributed by atoms with Gasteiger partial charge in [-0.05, 0) is 38.6 Å². The molecule has 2 aromatic rings. The van der Waals surface area contributed by atoms with Gasteiger partial charge in [0.05, 0.1) is 11.0 Å². The van der Waals surface area contributed by atoms with E-state index in [1.807, 2.05) is 18.2 Å². The molecule has 3 nitrogen and oxygen atoms in total. The molecule has 0 aliphatic rings. The SMILES string of the molecule is CCNC(C)Cc1nc2ccc(Cl)cc2n1CC. The predicted molar refractivity (Wildman–Crippen MR) is 77.3 cm³/mol. The maximum absolute atomic E-state index is 6.06. The topological polar surface area (TPSA) is 29.9 Å². The number of nitrogens with one attached hydrogen (secondary N) is 1. The Morgan fingerprint density at radius 3 is 2.83 bits per heavy atom. The molecule has 0 bridgehead atoms. The van der Waals surface area contributed by atoms with E-state index in [9.17, 15) is 0 Å². The number of aromatic nitrogens is 2. The second-order valence-electron chi connectivity index (χ2n) is 4.57. The molecule has 0 saturated carbocycles. The molecule has 0 radical (unpaired) electrons. The van der Waals surface area contributed by atoms with Crippen LogP contribution in [-0.4, -0.2) is 22.1 Å². The Hall–Kier alpha value is -1.06. The van der Waals surface area contributed by atoms with Crippen molar-refractivity contribution in [1.82, 2.24) is 14.9 Å². The van der Waals surface area contributed by atoms with Gasteiger partial charge in [-0.2, -0.15) is 0 Å². The lowest BCUT2D eigenvalue weighted by atomic mass is 10.2. The van der Waals surface area contributed by atoms with Crippen LogP contribution in [0.25, 0.3) is 11.0 Å². The van der Waals surface area contributed by atoms with Crippen LogP contribution in [0.2, 0.25) is 5.02 Å². The fraction of sp³-hybridized carbons (Fsp3) is 0.500. The molecule has 1 N–H and O–H groups in total. The summed E-state index contributed by atoms with van der Waals surface area (Å²) in [5.74, 6) is 1.13. The highest BCUT2D eigenvalue weighted by Gasteiger charge is 2.12. The van der Waals surface area contributed by atoms with Gasteiger partial charge in [0, 0.05) is 24.0 Å². The molecule has 0 amide bonds. The van der Waals surface area contributed by atoms with Gasteiger partial charge in [0.1, 0.15) is 5.82 Å². The fourth-order valence-electron chi connectivity index (χ4n) is 2.35. The first-order valence-corrected chi connectivity index (χ1v) is 6.91. The molecule has 1 heterocycles. The maximum Gasteiger partial charge on any atom is 0.111 e. The van der Waals surface area contributed by atoms with Gasteiger partial charge < -0.3 is 9.88 Å². The molecule has 98 valence electrons. The minimum atomic E-state index is 0.438. The van der Waals surface area contributed by atoms with E-state index in [0.29, 0.717) is 6.04 Å². The molecule has 0 saturated heterocycles. The number of fused-ring (bicyclic) bond motifs is 1. The summed E-state index contributed by atoms with van der Waals surface area (Å²) in [7, 11) is 0. The molecule has 1 unspecified atom stereocenters. The summed E-state index contributed by atoms with van der Waals surface area (Å²) >= 11 is 6.06. The Kier molecular flexibility index (Phi) is 4.25. The molecule has 0 aliphatic carbocycles. The van der Waals surface area contributed by atoms with Crippen molar-refractivity contribution in [2.75, 3.05) is 6.54 Å². The van der Waals surface area contributed by atoms with Crippen LogP contribution in [-0.2, 0) is 13.0 Å². The number of likely N-dealkylation sites (N-methyl/N-ethyl adjacent to an activating group) is 1. The lowest BCUT2D eigenvalue weighted by Crippen LogP contribution is -2.28. The summed E-state index contributed by atoms with van der Waals surface area (Å²) in [4.78, 5) is 4.71. The number of hydrogen-bond acceptors (Lipinski definition) is 2. The molecule has 0 aliphatic heterocycles. The third-order valence-corrected chi connectivity index (χ3v) is 3.38. The third kappa shape index (κ3) is 2.68. The van der Waals surface area contributed by atoms with Crippen LogP contribution in [0.3, 0.4) is 0 Å². The minimum Gasteiger partial charge on any atom is -0.328 e. The van der Waals surface area contributed by atoms with Crippen LogP contribution >= 0.6 is 11.6 Å². The van der Waals surface area contributed by atoms with E-state index in [4.69, 9.17) is 16.6 Å². The zero-order valence-electron chi connectivity index (χ0n) is 11.2. The largest absolute Gasteiger partial charge is 0.328 e. The highest BCUT2D eigenvalue weighted by Crippen LogP contribution is 2.21. The van der Waals surface area contributed by atoms with Crippen molar-refractivity contribution >= 4 is 22.6 Å². The summed E-state index contributed by atoms with van der Waals surface area (Å²) in [6, 6.07) is 6.32. The summed E-state index contributed by atoms with van der Waals surface area (Å²) in [5, 5.41) is 4.19. The number of rotatable bonds is 5. The van der Waals surface area contributed by atoms with E-state index < -0.39 is 0 Å². The third-order valence-electron chi connectivity index (χ3n) is 3.15. The minimum absolute atomic E-state index is 0.438. The van der Waals surface area contributed by atoms with E-state index in [2.05, 4.69) is 30.7 Å². The van der Waals surface area contributed by atoms with Crippen molar-refractivity contribution in [3.8, 4) is 0 Å². The van der Waals surface area contributed by atoms with Crippen molar-refractivity contribution < 1.29 is 0 Å². The quantitative estimate of drug-likeness (QED) is 0.899. The van der Waals surface area contributed by atoms with Crippen molar-refractivity contribution in [3.05, 3.63) is 29.0 Å². The van der Waals surface area contributed by atoms with Crippen LogP contribution in [0.15, 0.2) is 18.2 Å². The average Bonchev–Trinajstić information content (AvgIpc) is 2.65. The van der Waals surface area contributed by atoms with Crippen LogP contribution < -0.4 is 5.32 Å². The summed E-state index contributed by atoms with van der Waals surface area (Å²) in [5.41, 5.74) is 2.16. The lowest BCUT2D eigenvalue weighted by Gasteiger charge is -2.12. The monoisotopic (exact) mass is 265 g/mol. The highest BCUT2D eigenvalue weighted by atomic mass is 35.5. The van der Waals surface area contributed by atoms with E-state index in [0.717, 1.165) is 41.4 Å². The van der Waals surface area contributed by atoms with Crippen LogP contribution in [0.1, 0.15) is 26.6 Å². The van der Waals surface area contributed by atoms with E-state index in [1.54, 1.807) is 0 Å². The lowest BCUT2D eigenvalue weighted by molar-refractivity contribution is 0.538. The van der Waals surface area contributed by atoms with Crippen molar-refractivity contribution in [2.24, 2.45) is 0 Å². The Labute approximate surface area is 113 Å². The summed E-state index contributed by atoms with van der Waals surface area (Å²) in [6.07, 6.45) is 0.938. The second-order valence-corrected chi connectivity index (χ2v) is 5.00. The van der Waals surface area contributed by atoms with E-state index in [1.165, 1.54) is 0 Å². The number of aryl methyl sites for hydroxylation is 1. The van der Waals surface area contributed by atoms with Crippen molar-refractivity contribution in [3.63, 3.8) is 0 Å². The van der Waals surface area contributed by atoms with E-state index in [-0.39, 0.29) is 0 Å². The number of hydrogen-bond donors (Lipinski definition) is 1. The molecule has 1 aromatic carbocycles. The van der Waals surface area contributed by atoms with Gasteiger partial charge >= 0.3 is 0 Å². The van der Waals surface area contributed by atoms with Gasteiger partial charge in [0.25, 0.3) is 0 Å². The normalized spacial score (nSPS) is 13.1. The van der Waals surface area contributed by atoms with Crippen LogP contribution in [0.5, 0.6) is 0 Å². The maximum atomic E-state index is 6.06. The number of imidazole rings is 1. The van der Waals surface area contributed by atoms with Gasteiger partial charge in [-0.25, -0.2) is 4.98 Å². The molecule has 0 spiro atoms. The standard InChI is InChI=1S/C14H20ClN3/c1-4-16-10(3)8-14-17-12-7-6-11(15)9-13(12)18(14)5-2/h6-7,9-10,16H,4-5,8H2,1-3H3. The number of halogens is 1. The highest BCUT2D eigenvalue weighted by molar-refractivity contribution is 6.31.